The quantitative estimate of drug-likeness (QED) is 0.806. The summed E-state index contributed by atoms with van der Waals surface area (Å²) in [6.07, 6.45) is 1.55. The molecular formula is C18H15FN2O2. The zero-order valence-electron chi connectivity index (χ0n) is 12.5. The van der Waals surface area contributed by atoms with E-state index < -0.39 is 0 Å². The highest BCUT2D eigenvalue weighted by atomic mass is 19.1. The van der Waals surface area contributed by atoms with Crippen molar-refractivity contribution in [1.82, 2.24) is 9.88 Å². The van der Waals surface area contributed by atoms with Crippen molar-refractivity contribution in [3.05, 3.63) is 71.7 Å². The second-order valence-corrected chi connectivity index (χ2v) is 5.26. The van der Waals surface area contributed by atoms with E-state index in [1.165, 1.54) is 23.6 Å². The number of hydrogen-bond acceptors (Lipinski definition) is 2. The Balaban J connectivity index is 1.86. The van der Waals surface area contributed by atoms with Gasteiger partial charge in [-0.25, -0.2) is 4.39 Å². The van der Waals surface area contributed by atoms with E-state index in [4.69, 9.17) is 0 Å². The van der Waals surface area contributed by atoms with Crippen LogP contribution in [0.2, 0.25) is 0 Å². The first-order chi connectivity index (χ1) is 11.1. The van der Waals surface area contributed by atoms with E-state index in [1.807, 2.05) is 18.2 Å². The van der Waals surface area contributed by atoms with Crippen LogP contribution < -0.4 is 5.32 Å². The zero-order valence-corrected chi connectivity index (χ0v) is 12.5. The molecule has 0 aliphatic heterocycles. The number of fused-ring (bicyclic) bond motifs is 1. The molecule has 0 fully saturated rings. The Labute approximate surface area is 132 Å². The van der Waals surface area contributed by atoms with Gasteiger partial charge in [-0.2, -0.15) is 0 Å². The molecule has 1 amide bonds. The number of rotatable bonds is 3. The minimum atomic E-state index is -0.315. The van der Waals surface area contributed by atoms with Crippen LogP contribution in [0.4, 0.5) is 4.39 Å². The van der Waals surface area contributed by atoms with Gasteiger partial charge in [0.15, 0.2) is 0 Å². The van der Waals surface area contributed by atoms with Crippen molar-refractivity contribution in [2.45, 2.75) is 13.5 Å². The minimum absolute atomic E-state index is 0.154. The van der Waals surface area contributed by atoms with Gasteiger partial charge in [0.05, 0.1) is 11.1 Å². The van der Waals surface area contributed by atoms with Gasteiger partial charge in [-0.15, -0.1) is 0 Å². The van der Waals surface area contributed by atoms with Crippen molar-refractivity contribution in [3.8, 4) is 0 Å². The van der Waals surface area contributed by atoms with Crippen LogP contribution in [-0.4, -0.2) is 16.4 Å². The van der Waals surface area contributed by atoms with Crippen LogP contribution >= 0.6 is 0 Å². The van der Waals surface area contributed by atoms with Crippen molar-refractivity contribution in [1.29, 1.82) is 0 Å². The molecule has 3 aromatic rings. The van der Waals surface area contributed by atoms with Gasteiger partial charge in [0.25, 0.3) is 5.91 Å². The maximum atomic E-state index is 12.9. The van der Waals surface area contributed by atoms with E-state index in [0.29, 0.717) is 17.6 Å². The molecule has 4 nitrogen and oxygen atoms in total. The summed E-state index contributed by atoms with van der Waals surface area (Å²) < 4.78 is 14.3. The number of aromatic nitrogens is 1. The Hall–Kier alpha value is -2.95. The first kappa shape index (κ1) is 15.0. The number of para-hydroxylation sites is 1. The minimum Gasteiger partial charge on any atom is -0.348 e. The lowest BCUT2D eigenvalue weighted by Gasteiger charge is -2.04. The zero-order chi connectivity index (χ0) is 16.4. The fourth-order valence-corrected chi connectivity index (χ4v) is 2.50. The number of hydrogen-bond donors (Lipinski definition) is 1. The summed E-state index contributed by atoms with van der Waals surface area (Å²) in [6, 6.07) is 13.2. The average molecular weight is 310 g/mol. The van der Waals surface area contributed by atoms with Crippen LogP contribution in [0.25, 0.3) is 10.9 Å². The second-order valence-electron chi connectivity index (χ2n) is 5.26. The van der Waals surface area contributed by atoms with E-state index in [-0.39, 0.29) is 17.6 Å². The van der Waals surface area contributed by atoms with E-state index >= 15 is 0 Å². The molecule has 3 rings (SSSR count). The molecule has 1 aromatic heterocycles. The SMILES string of the molecule is CC(=O)n1cc(C(=O)NCc2ccc(F)cc2)c2ccccc21. The highest BCUT2D eigenvalue weighted by molar-refractivity contribution is 6.09. The number of amides is 1. The number of carbonyl (C=O) groups is 2. The van der Waals surface area contributed by atoms with Crippen LogP contribution in [0, 0.1) is 5.82 Å². The highest BCUT2D eigenvalue weighted by Crippen LogP contribution is 2.21. The first-order valence-electron chi connectivity index (χ1n) is 7.20. The van der Waals surface area contributed by atoms with Gasteiger partial charge < -0.3 is 5.32 Å². The summed E-state index contributed by atoms with van der Waals surface area (Å²) in [7, 11) is 0. The topological polar surface area (TPSA) is 51.1 Å². The lowest BCUT2D eigenvalue weighted by atomic mass is 10.1. The van der Waals surface area contributed by atoms with Gasteiger partial charge in [0.2, 0.25) is 5.91 Å². The monoisotopic (exact) mass is 310 g/mol. The Morgan fingerprint density at radius 1 is 1.09 bits per heavy atom. The predicted molar refractivity (Wildman–Crippen MR) is 85.8 cm³/mol. The van der Waals surface area contributed by atoms with Crippen molar-refractivity contribution >= 4 is 22.7 Å². The van der Waals surface area contributed by atoms with Gasteiger partial charge in [0, 0.05) is 25.1 Å². The molecule has 23 heavy (non-hydrogen) atoms. The fourth-order valence-electron chi connectivity index (χ4n) is 2.50. The molecule has 0 radical (unpaired) electrons. The van der Waals surface area contributed by atoms with E-state index in [9.17, 15) is 14.0 Å². The third-order valence-corrected chi connectivity index (χ3v) is 3.66. The number of halogens is 1. The maximum Gasteiger partial charge on any atom is 0.253 e. The highest BCUT2D eigenvalue weighted by Gasteiger charge is 2.16. The molecular weight excluding hydrogens is 295 g/mol. The van der Waals surface area contributed by atoms with Crippen molar-refractivity contribution in [2.24, 2.45) is 0 Å². The molecule has 0 aliphatic carbocycles. The van der Waals surface area contributed by atoms with E-state index in [1.54, 1.807) is 24.4 Å². The summed E-state index contributed by atoms with van der Waals surface area (Å²) in [6.45, 7) is 1.74. The normalized spacial score (nSPS) is 10.7. The van der Waals surface area contributed by atoms with Gasteiger partial charge in [0.1, 0.15) is 5.82 Å². The van der Waals surface area contributed by atoms with Crippen LogP contribution in [0.3, 0.4) is 0 Å². The summed E-state index contributed by atoms with van der Waals surface area (Å²) in [5.74, 6) is -0.742. The fraction of sp³-hybridized carbons (Fsp3) is 0.111. The molecule has 0 saturated carbocycles. The Kier molecular flexibility index (Phi) is 3.93. The molecule has 0 unspecified atom stereocenters. The summed E-state index contributed by atoms with van der Waals surface area (Å²) >= 11 is 0. The van der Waals surface area contributed by atoms with Crippen molar-refractivity contribution in [3.63, 3.8) is 0 Å². The Bertz CT molecular complexity index is 882. The summed E-state index contributed by atoms with van der Waals surface area (Å²) in [5, 5.41) is 3.51. The van der Waals surface area contributed by atoms with E-state index in [2.05, 4.69) is 5.32 Å². The standard InChI is InChI=1S/C18H15FN2O2/c1-12(22)21-11-16(15-4-2-3-5-17(15)21)18(23)20-10-13-6-8-14(19)9-7-13/h2-9,11H,10H2,1H3,(H,20,23). The third-order valence-electron chi connectivity index (χ3n) is 3.66. The molecule has 0 atom stereocenters. The Morgan fingerprint density at radius 3 is 2.48 bits per heavy atom. The van der Waals surface area contributed by atoms with Gasteiger partial charge >= 0.3 is 0 Å². The number of nitrogens with one attached hydrogen (secondary N) is 1. The molecule has 5 heteroatoms. The number of nitrogens with zero attached hydrogens (tertiary/aromatic N) is 1. The van der Waals surface area contributed by atoms with Gasteiger partial charge in [-0.3, -0.25) is 14.2 Å². The maximum absolute atomic E-state index is 12.9. The van der Waals surface area contributed by atoms with Gasteiger partial charge in [-0.1, -0.05) is 30.3 Å². The smallest absolute Gasteiger partial charge is 0.253 e. The lowest BCUT2D eigenvalue weighted by Crippen LogP contribution is -2.22. The van der Waals surface area contributed by atoms with E-state index in [0.717, 1.165) is 10.9 Å². The van der Waals surface area contributed by atoms with Crippen molar-refractivity contribution in [2.75, 3.05) is 0 Å². The predicted octanol–water partition coefficient (Wildman–Crippen LogP) is 3.37. The van der Waals surface area contributed by atoms with Crippen LogP contribution in [0.5, 0.6) is 0 Å². The summed E-state index contributed by atoms with van der Waals surface area (Å²) in [4.78, 5) is 24.1. The molecule has 1 N–H and O–H groups in total. The summed E-state index contributed by atoms with van der Waals surface area (Å²) in [5.41, 5.74) is 1.94. The molecule has 0 spiro atoms. The van der Waals surface area contributed by atoms with Crippen LogP contribution in [-0.2, 0) is 6.54 Å². The molecule has 2 aromatic carbocycles. The number of carbonyl (C=O) groups excluding carboxylic acids is 2. The molecule has 0 saturated heterocycles. The van der Waals surface area contributed by atoms with Crippen molar-refractivity contribution < 1.29 is 14.0 Å². The van der Waals surface area contributed by atoms with Crippen LogP contribution in [0.1, 0.15) is 27.6 Å². The molecule has 116 valence electrons. The number of benzene rings is 2. The van der Waals surface area contributed by atoms with Gasteiger partial charge in [-0.05, 0) is 23.8 Å². The molecule has 0 aliphatic rings. The third kappa shape index (κ3) is 2.99. The largest absolute Gasteiger partial charge is 0.348 e. The molecule has 0 bridgehead atoms. The lowest BCUT2D eigenvalue weighted by molar-refractivity contribution is 0.0941. The Morgan fingerprint density at radius 2 is 1.78 bits per heavy atom. The second kappa shape index (κ2) is 6.04. The first-order valence-corrected chi connectivity index (χ1v) is 7.20. The average Bonchev–Trinajstić information content (AvgIpc) is 2.94. The molecule has 1 heterocycles. The van der Waals surface area contributed by atoms with Crippen LogP contribution in [0.15, 0.2) is 54.7 Å².